The van der Waals surface area contributed by atoms with Gasteiger partial charge in [0.15, 0.2) is 0 Å². The molecule has 1 N–H and O–H groups in total. The molecule has 0 fully saturated rings. The van der Waals surface area contributed by atoms with Gasteiger partial charge in [0.1, 0.15) is 0 Å². The fraction of sp³-hybridized carbons (Fsp3) is 0.714. The highest BCUT2D eigenvalue weighted by molar-refractivity contribution is 6.11. The minimum absolute atomic E-state index is 0.00403. The van der Waals surface area contributed by atoms with Gasteiger partial charge < -0.3 is 0 Å². The summed E-state index contributed by atoms with van der Waals surface area (Å²) < 4.78 is 0. The van der Waals surface area contributed by atoms with Crippen molar-refractivity contribution < 1.29 is 4.79 Å². The molecule has 56 valence electrons. The lowest BCUT2D eigenvalue weighted by Gasteiger charge is -2.14. The molecule has 0 saturated heterocycles. The Morgan fingerprint density at radius 2 is 2.20 bits per heavy atom. The molecule has 1 heterocycles. The molecule has 1 aliphatic heterocycles. The zero-order chi connectivity index (χ0) is 7.78. The van der Waals surface area contributed by atoms with Crippen LogP contribution in [0.2, 0.25) is 0 Å². The normalized spacial score (nSPS) is 22.3. The van der Waals surface area contributed by atoms with Gasteiger partial charge in [-0.15, -0.1) is 0 Å². The molecule has 0 aromatic rings. The van der Waals surface area contributed by atoms with Crippen LogP contribution < -0.4 is 5.43 Å². The van der Waals surface area contributed by atoms with Crippen LogP contribution in [0.3, 0.4) is 0 Å². The van der Waals surface area contributed by atoms with Gasteiger partial charge in [0, 0.05) is 0 Å². The number of nitrogens with zero attached hydrogens (tertiary/aromatic N) is 1. The smallest absolute Gasteiger partial charge is 0.251 e. The Labute approximate surface area is 60.5 Å². The summed E-state index contributed by atoms with van der Waals surface area (Å²) in [5.41, 5.74) is 3.02. The summed E-state index contributed by atoms with van der Waals surface area (Å²) in [5, 5.41) is 3.91. The molecule has 0 unspecified atom stereocenters. The Kier molecular flexibility index (Phi) is 1.50. The molecule has 0 atom stereocenters. The molecule has 1 amide bonds. The number of hydrogen-bond acceptors (Lipinski definition) is 2. The predicted molar refractivity (Wildman–Crippen MR) is 39.6 cm³/mol. The first kappa shape index (κ1) is 7.25. The largest absolute Gasteiger partial charge is 0.272 e. The number of nitrogens with one attached hydrogen (secondary N) is 1. The van der Waals surface area contributed by atoms with Crippen LogP contribution in [0.1, 0.15) is 27.2 Å². The second-order valence-electron chi connectivity index (χ2n) is 2.98. The third-order valence-corrected chi connectivity index (χ3v) is 1.92. The van der Waals surface area contributed by atoms with Crippen molar-refractivity contribution in [2.75, 3.05) is 0 Å². The van der Waals surface area contributed by atoms with Gasteiger partial charge in [-0.2, -0.15) is 5.10 Å². The van der Waals surface area contributed by atoms with Crippen molar-refractivity contribution in [1.82, 2.24) is 5.43 Å². The van der Waals surface area contributed by atoms with E-state index in [1.165, 1.54) is 0 Å². The van der Waals surface area contributed by atoms with E-state index in [4.69, 9.17) is 0 Å². The molecule has 0 aromatic heterocycles. The van der Waals surface area contributed by atoms with Crippen molar-refractivity contribution in [1.29, 1.82) is 0 Å². The van der Waals surface area contributed by atoms with Gasteiger partial charge in [-0.3, -0.25) is 4.79 Å². The molecule has 0 aliphatic carbocycles. The van der Waals surface area contributed by atoms with Crippen LogP contribution in [0.4, 0.5) is 0 Å². The molecule has 0 spiro atoms. The number of rotatable bonds is 1. The highest BCUT2D eigenvalue weighted by Gasteiger charge is 2.36. The maximum atomic E-state index is 11.0. The summed E-state index contributed by atoms with van der Waals surface area (Å²) in [4.78, 5) is 11.0. The second kappa shape index (κ2) is 2.08. The minimum atomic E-state index is -0.380. The predicted octanol–water partition coefficient (Wildman–Crippen LogP) is 0.908. The molecular weight excluding hydrogens is 128 g/mol. The van der Waals surface area contributed by atoms with Crippen LogP contribution in [-0.2, 0) is 4.79 Å². The molecule has 0 bridgehead atoms. The van der Waals surface area contributed by atoms with E-state index >= 15 is 0 Å². The standard InChI is InChI=1S/C7H12N2O/c1-4-5-7(2,3)6(10)9-8-5/h4H2,1-3H3,(H,9,10). The Balaban J connectivity index is 2.87. The van der Waals surface area contributed by atoms with Crippen LogP contribution in [-0.4, -0.2) is 11.6 Å². The van der Waals surface area contributed by atoms with E-state index < -0.39 is 0 Å². The zero-order valence-electron chi connectivity index (χ0n) is 6.56. The number of carbonyl (C=O) groups excluding carboxylic acids is 1. The molecule has 10 heavy (non-hydrogen) atoms. The summed E-state index contributed by atoms with van der Waals surface area (Å²) in [6, 6.07) is 0. The van der Waals surface area contributed by atoms with E-state index in [-0.39, 0.29) is 11.3 Å². The maximum Gasteiger partial charge on any atom is 0.251 e. The van der Waals surface area contributed by atoms with Crippen LogP contribution in [0.5, 0.6) is 0 Å². The summed E-state index contributed by atoms with van der Waals surface area (Å²) in [7, 11) is 0. The van der Waals surface area contributed by atoms with Crippen LogP contribution in [0, 0.1) is 5.41 Å². The minimum Gasteiger partial charge on any atom is -0.272 e. The number of carbonyl (C=O) groups is 1. The first-order chi connectivity index (χ1) is 4.59. The van der Waals surface area contributed by atoms with Crippen molar-refractivity contribution in [3.8, 4) is 0 Å². The zero-order valence-corrected chi connectivity index (χ0v) is 6.56. The van der Waals surface area contributed by atoms with E-state index in [0.29, 0.717) is 0 Å². The van der Waals surface area contributed by atoms with E-state index in [1.807, 2.05) is 20.8 Å². The monoisotopic (exact) mass is 140 g/mol. The number of hydrazone groups is 1. The SMILES string of the molecule is CCC1=NNC(=O)C1(C)C. The number of amides is 1. The van der Waals surface area contributed by atoms with Crippen LogP contribution in [0.25, 0.3) is 0 Å². The molecule has 1 rings (SSSR count). The summed E-state index contributed by atoms with van der Waals surface area (Å²) in [5.74, 6) is 0.00403. The van der Waals surface area contributed by atoms with Crippen LogP contribution in [0.15, 0.2) is 5.10 Å². The number of hydrogen-bond donors (Lipinski definition) is 1. The quantitative estimate of drug-likeness (QED) is 0.577. The summed E-state index contributed by atoms with van der Waals surface area (Å²) >= 11 is 0. The topological polar surface area (TPSA) is 41.5 Å². The molecule has 3 nitrogen and oxygen atoms in total. The maximum absolute atomic E-state index is 11.0. The van der Waals surface area contributed by atoms with E-state index in [0.717, 1.165) is 12.1 Å². The van der Waals surface area contributed by atoms with Gasteiger partial charge in [-0.1, -0.05) is 6.92 Å². The molecule has 3 heteroatoms. The molecule has 0 aromatic carbocycles. The third-order valence-electron chi connectivity index (χ3n) is 1.92. The Morgan fingerprint density at radius 3 is 2.40 bits per heavy atom. The van der Waals surface area contributed by atoms with Crippen LogP contribution >= 0.6 is 0 Å². The second-order valence-corrected chi connectivity index (χ2v) is 2.98. The van der Waals surface area contributed by atoms with Crippen molar-refractivity contribution in [2.24, 2.45) is 10.5 Å². The molecule has 0 saturated carbocycles. The fourth-order valence-corrected chi connectivity index (χ4v) is 1.05. The van der Waals surface area contributed by atoms with Crippen molar-refractivity contribution in [2.45, 2.75) is 27.2 Å². The van der Waals surface area contributed by atoms with E-state index in [9.17, 15) is 4.79 Å². The Morgan fingerprint density at radius 1 is 1.60 bits per heavy atom. The lowest BCUT2D eigenvalue weighted by molar-refractivity contribution is -0.125. The van der Waals surface area contributed by atoms with E-state index in [1.54, 1.807) is 0 Å². The first-order valence-electron chi connectivity index (χ1n) is 3.46. The highest BCUT2D eigenvalue weighted by Crippen LogP contribution is 2.23. The highest BCUT2D eigenvalue weighted by atomic mass is 16.2. The first-order valence-corrected chi connectivity index (χ1v) is 3.46. The molecule has 1 aliphatic rings. The van der Waals surface area contributed by atoms with E-state index in [2.05, 4.69) is 10.5 Å². The Bertz CT molecular complexity index is 194. The van der Waals surface area contributed by atoms with Crippen molar-refractivity contribution in [3.63, 3.8) is 0 Å². The third kappa shape index (κ3) is 0.818. The lowest BCUT2D eigenvalue weighted by atomic mass is 9.86. The van der Waals surface area contributed by atoms with Gasteiger partial charge in [0.25, 0.3) is 5.91 Å². The fourth-order valence-electron chi connectivity index (χ4n) is 1.05. The average Bonchev–Trinajstić information content (AvgIpc) is 2.10. The Hall–Kier alpha value is -0.860. The van der Waals surface area contributed by atoms with Gasteiger partial charge in [-0.05, 0) is 20.3 Å². The van der Waals surface area contributed by atoms with Crippen molar-refractivity contribution >= 4 is 11.6 Å². The molecular formula is C7H12N2O. The summed E-state index contributed by atoms with van der Waals surface area (Å²) in [6.45, 7) is 5.77. The molecule has 0 radical (unpaired) electrons. The average molecular weight is 140 g/mol. The lowest BCUT2D eigenvalue weighted by Crippen LogP contribution is -2.31. The van der Waals surface area contributed by atoms with Gasteiger partial charge in [-0.25, -0.2) is 5.43 Å². The summed E-state index contributed by atoms with van der Waals surface area (Å²) in [6.07, 6.45) is 0.839. The van der Waals surface area contributed by atoms with Crippen molar-refractivity contribution in [3.05, 3.63) is 0 Å². The van der Waals surface area contributed by atoms with Gasteiger partial charge in [0.2, 0.25) is 0 Å². The van der Waals surface area contributed by atoms with Gasteiger partial charge >= 0.3 is 0 Å². The van der Waals surface area contributed by atoms with Gasteiger partial charge in [0.05, 0.1) is 11.1 Å².